The van der Waals surface area contributed by atoms with Crippen LogP contribution >= 0.6 is 0 Å². The van der Waals surface area contributed by atoms with Crippen LogP contribution in [0.4, 0.5) is 6.01 Å². The molecule has 0 fully saturated rings. The first-order chi connectivity index (χ1) is 9.90. The molecule has 2 aromatic rings. The molecule has 0 aliphatic rings. The van der Waals surface area contributed by atoms with Gasteiger partial charge < -0.3 is 4.42 Å². The van der Waals surface area contributed by atoms with Crippen LogP contribution in [0.15, 0.2) is 40.2 Å². The number of hydrogen-bond donors (Lipinski definition) is 1. The number of anilines is 1. The van der Waals surface area contributed by atoms with Crippen molar-refractivity contribution < 1.29 is 12.8 Å². The monoisotopic (exact) mass is 307 g/mol. The average molecular weight is 307 g/mol. The molecule has 0 aliphatic heterocycles. The largest absolute Gasteiger partial charge is 0.407 e. The highest BCUT2D eigenvalue weighted by Crippen LogP contribution is 2.17. The summed E-state index contributed by atoms with van der Waals surface area (Å²) in [5, 5.41) is 7.50. The van der Waals surface area contributed by atoms with E-state index >= 15 is 0 Å². The number of benzene rings is 1. The lowest BCUT2D eigenvalue weighted by Crippen LogP contribution is -2.13. The first-order valence-electron chi connectivity index (χ1n) is 6.48. The molecule has 21 heavy (non-hydrogen) atoms. The summed E-state index contributed by atoms with van der Waals surface area (Å²) in [4.78, 5) is 0.122. The molecular formula is C14H17N3O3S. The predicted octanol–water partition coefficient (Wildman–Crippen LogP) is 2.71. The topological polar surface area (TPSA) is 85.1 Å². The maximum Gasteiger partial charge on any atom is 0.329 e. The first kappa shape index (κ1) is 15.2. The van der Waals surface area contributed by atoms with E-state index in [-0.39, 0.29) is 10.9 Å². The Bertz CT molecular complexity index is 718. The molecule has 0 atom stereocenters. The van der Waals surface area contributed by atoms with E-state index in [1.807, 2.05) is 13.8 Å². The van der Waals surface area contributed by atoms with E-state index in [0.717, 1.165) is 5.56 Å². The van der Waals surface area contributed by atoms with Gasteiger partial charge in [-0.1, -0.05) is 43.7 Å². The van der Waals surface area contributed by atoms with Crippen LogP contribution < -0.4 is 4.72 Å². The molecule has 0 saturated carbocycles. The molecule has 1 aromatic heterocycles. The number of sulfonamides is 1. The quantitative estimate of drug-likeness (QED) is 0.887. The van der Waals surface area contributed by atoms with E-state index in [2.05, 4.69) is 21.5 Å². The molecule has 7 heteroatoms. The van der Waals surface area contributed by atoms with Gasteiger partial charge in [0.2, 0.25) is 5.89 Å². The van der Waals surface area contributed by atoms with E-state index < -0.39 is 10.0 Å². The Morgan fingerprint density at radius 2 is 1.95 bits per heavy atom. The average Bonchev–Trinajstić information content (AvgIpc) is 2.84. The summed E-state index contributed by atoms with van der Waals surface area (Å²) in [5.41, 5.74) is 0.839. The third-order valence-corrected chi connectivity index (χ3v) is 4.03. The standard InChI is InChI=1S/C14H17N3O3S/c1-4-11-5-7-12(8-6-11)21(18,19)17-14-16-15-13(20-14)9-10(2)3/h4-8,10H,1,9H2,2-3H3,(H,16,17). The smallest absolute Gasteiger partial charge is 0.329 e. The molecule has 0 saturated heterocycles. The van der Waals surface area contributed by atoms with Crippen molar-refractivity contribution in [2.45, 2.75) is 25.2 Å². The van der Waals surface area contributed by atoms with Crippen LogP contribution in [0.5, 0.6) is 0 Å². The SMILES string of the molecule is C=Cc1ccc(S(=O)(=O)Nc2nnc(CC(C)C)o2)cc1. The number of nitrogens with zero attached hydrogens (tertiary/aromatic N) is 2. The number of nitrogens with one attached hydrogen (secondary N) is 1. The van der Waals surface area contributed by atoms with Gasteiger partial charge in [-0.25, -0.2) is 13.1 Å². The van der Waals surface area contributed by atoms with Gasteiger partial charge in [-0.2, -0.15) is 0 Å². The van der Waals surface area contributed by atoms with Crippen LogP contribution in [0.25, 0.3) is 6.08 Å². The summed E-state index contributed by atoms with van der Waals surface area (Å²) in [5.74, 6) is 0.756. The van der Waals surface area contributed by atoms with Crippen LogP contribution in [0.2, 0.25) is 0 Å². The second-order valence-corrected chi connectivity index (χ2v) is 6.66. The second kappa shape index (κ2) is 6.09. The maximum absolute atomic E-state index is 12.2. The summed E-state index contributed by atoms with van der Waals surface area (Å²) < 4.78 is 31.9. The molecule has 1 aromatic carbocycles. The fourth-order valence-electron chi connectivity index (χ4n) is 1.68. The minimum atomic E-state index is -3.73. The molecule has 0 spiro atoms. The fourth-order valence-corrected chi connectivity index (χ4v) is 2.61. The van der Waals surface area contributed by atoms with E-state index in [0.29, 0.717) is 18.2 Å². The lowest BCUT2D eigenvalue weighted by atomic mass is 10.1. The lowest BCUT2D eigenvalue weighted by Gasteiger charge is -2.04. The van der Waals surface area contributed by atoms with Crippen molar-refractivity contribution >= 4 is 22.1 Å². The molecular weight excluding hydrogens is 290 g/mol. The van der Waals surface area contributed by atoms with Gasteiger partial charge in [-0.05, 0) is 23.6 Å². The van der Waals surface area contributed by atoms with Gasteiger partial charge in [0.15, 0.2) is 0 Å². The number of rotatable bonds is 6. The molecule has 0 amide bonds. The van der Waals surface area contributed by atoms with Crippen molar-refractivity contribution in [1.29, 1.82) is 0 Å². The van der Waals surface area contributed by atoms with Crippen molar-refractivity contribution in [2.24, 2.45) is 5.92 Å². The van der Waals surface area contributed by atoms with Gasteiger partial charge in [0.05, 0.1) is 4.90 Å². The Labute approximate surface area is 124 Å². The van der Waals surface area contributed by atoms with E-state index in [9.17, 15) is 8.42 Å². The van der Waals surface area contributed by atoms with Crippen molar-refractivity contribution in [2.75, 3.05) is 4.72 Å². The Balaban J connectivity index is 2.16. The van der Waals surface area contributed by atoms with Crippen LogP contribution in [0.3, 0.4) is 0 Å². The Morgan fingerprint density at radius 1 is 1.29 bits per heavy atom. The van der Waals surface area contributed by atoms with E-state index in [4.69, 9.17) is 4.42 Å². The fraction of sp³-hybridized carbons (Fsp3) is 0.286. The lowest BCUT2D eigenvalue weighted by molar-refractivity contribution is 0.468. The summed E-state index contributed by atoms with van der Waals surface area (Å²) in [6, 6.07) is 6.19. The molecule has 0 bridgehead atoms. The van der Waals surface area contributed by atoms with Crippen LogP contribution in [-0.2, 0) is 16.4 Å². The van der Waals surface area contributed by atoms with E-state index in [1.165, 1.54) is 12.1 Å². The molecule has 1 heterocycles. The first-order valence-corrected chi connectivity index (χ1v) is 7.96. The summed E-state index contributed by atoms with van der Waals surface area (Å²) in [6.07, 6.45) is 2.24. The zero-order chi connectivity index (χ0) is 15.5. The van der Waals surface area contributed by atoms with Crippen LogP contribution in [0, 0.1) is 5.92 Å². The zero-order valence-electron chi connectivity index (χ0n) is 11.9. The number of hydrogen-bond acceptors (Lipinski definition) is 5. The highest BCUT2D eigenvalue weighted by atomic mass is 32.2. The number of aromatic nitrogens is 2. The highest BCUT2D eigenvalue weighted by molar-refractivity contribution is 7.92. The highest BCUT2D eigenvalue weighted by Gasteiger charge is 2.18. The van der Waals surface area contributed by atoms with Gasteiger partial charge in [0, 0.05) is 6.42 Å². The van der Waals surface area contributed by atoms with Crippen molar-refractivity contribution in [3.05, 3.63) is 42.3 Å². The third kappa shape index (κ3) is 3.91. The van der Waals surface area contributed by atoms with Gasteiger partial charge in [0.25, 0.3) is 10.0 Å². The minimum absolute atomic E-state index is 0.122. The summed E-state index contributed by atoms with van der Waals surface area (Å²) in [7, 11) is -3.73. The maximum atomic E-state index is 12.2. The predicted molar refractivity (Wildman–Crippen MR) is 80.2 cm³/mol. The molecule has 0 unspecified atom stereocenters. The Hall–Kier alpha value is -2.15. The van der Waals surface area contributed by atoms with Crippen LogP contribution in [0.1, 0.15) is 25.3 Å². The normalized spacial score (nSPS) is 11.6. The Kier molecular flexibility index (Phi) is 4.42. The molecule has 0 radical (unpaired) electrons. The van der Waals surface area contributed by atoms with Gasteiger partial charge in [-0.3, -0.25) is 0 Å². The summed E-state index contributed by atoms with van der Waals surface area (Å²) >= 11 is 0. The molecule has 0 aliphatic carbocycles. The second-order valence-electron chi connectivity index (χ2n) is 4.98. The zero-order valence-corrected chi connectivity index (χ0v) is 12.7. The molecule has 6 nitrogen and oxygen atoms in total. The third-order valence-electron chi connectivity index (χ3n) is 2.70. The van der Waals surface area contributed by atoms with E-state index in [1.54, 1.807) is 18.2 Å². The summed E-state index contributed by atoms with van der Waals surface area (Å²) in [6.45, 7) is 7.64. The van der Waals surface area contributed by atoms with Crippen molar-refractivity contribution in [3.8, 4) is 0 Å². The van der Waals surface area contributed by atoms with Gasteiger partial charge in [0.1, 0.15) is 0 Å². The van der Waals surface area contributed by atoms with Crippen molar-refractivity contribution in [1.82, 2.24) is 10.2 Å². The minimum Gasteiger partial charge on any atom is -0.407 e. The molecule has 2 rings (SSSR count). The van der Waals surface area contributed by atoms with Gasteiger partial charge in [-0.15, -0.1) is 5.10 Å². The molecule has 1 N–H and O–H groups in total. The van der Waals surface area contributed by atoms with Gasteiger partial charge >= 0.3 is 6.01 Å². The molecule has 112 valence electrons. The van der Waals surface area contributed by atoms with Crippen LogP contribution in [-0.4, -0.2) is 18.6 Å². The van der Waals surface area contributed by atoms with Crippen molar-refractivity contribution in [3.63, 3.8) is 0 Å². The Morgan fingerprint density at radius 3 is 2.52 bits per heavy atom.